The molecule has 0 aliphatic carbocycles. The van der Waals surface area contributed by atoms with Crippen LogP contribution < -0.4 is 0 Å². The van der Waals surface area contributed by atoms with Gasteiger partial charge in [-0.05, 0) is 12.5 Å². The molecule has 0 aromatic carbocycles. The summed E-state index contributed by atoms with van der Waals surface area (Å²) >= 11 is 0. The lowest BCUT2D eigenvalue weighted by Gasteiger charge is -2.06. The van der Waals surface area contributed by atoms with Crippen LogP contribution in [0.3, 0.4) is 0 Å². The molecule has 0 N–H and O–H groups in total. The molecule has 0 saturated carbocycles. The number of ether oxygens (including phenoxy) is 2. The van der Waals surface area contributed by atoms with Crippen LogP contribution in [-0.4, -0.2) is 20.5 Å². The summed E-state index contributed by atoms with van der Waals surface area (Å²) in [6, 6.07) is 0. The zero-order valence-corrected chi connectivity index (χ0v) is 7.67. The van der Waals surface area contributed by atoms with Crippen molar-refractivity contribution in [1.29, 1.82) is 0 Å². The average Bonchev–Trinajstić information content (AvgIpc) is 2.05. The van der Waals surface area contributed by atoms with Gasteiger partial charge in [0, 0.05) is 14.2 Å². The maximum absolute atomic E-state index is 4.97. The van der Waals surface area contributed by atoms with Gasteiger partial charge in [0.2, 0.25) is 0 Å². The van der Waals surface area contributed by atoms with E-state index in [1.807, 2.05) is 6.08 Å². The minimum absolute atomic E-state index is 0.174. The Morgan fingerprint density at radius 2 is 1.91 bits per heavy atom. The maximum atomic E-state index is 4.97. The molecule has 11 heavy (non-hydrogen) atoms. The van der Waals surface area contributed by atoms with Gasteiger partial charge in [-0.2, -0.15) is 0 Å². The lowest BCUT2D eigenvalue weighted by molar-refractivity contribution is -0.0667. The van der Waals surface area contributed by atoms with Gasteiger partial charge >= 0.3 is 0 Å². The van der Waals surface area contributed by atoms with Crippen molar-refractivity contribution in [3.8, 4) is 0 Å². The fourth-order valence-electron chi connectivity index (χ4n) is 0.783. The van der Waals surface area contributed by atoms with Crippen molar-refractivity contribution in [2.45, 2.75) is 32.5 Å². The van der Waals surface area contributed by atoms with Gasteiger partial charge in [-0.3, -0.25) is 0 Å². The third-order valence-electron chi connectivity index (χ3n) is 1.48. The summed E-state index contributed by atoms with van der Waals surface area (Å²) in [6.07, 6.45) is 7.44. The van der Waals surface area contributed by atoms with Gasteiger partial charge in [0.05, 0.1) is 0 Å². The summed E-state index contributed by atoms with van der Waals surface area (Å²) in [6.45, 7) is 2.18. The first-order chi connectivity index (χ1) is 5.35. The van der Waals surface area contributed by atoms with Gasteiger partial charge < -0.3 is 9.47 Å². The van der Waals surface area contributed by atoms with Crippen LogP contribution in [0.4, 0.5) is 0 Å². The largest absolute Gasteiger partial charge is 0.352 e. The highest BCUT2D eigenvalue weighted by Gasteiger charge is 1.95. The number of methoxy groups -OCH3 is 2. The molecular weight excluding hydrogens is 140 g/mol. The van der Waals surface area contributed by atoms with Gasteiger partial charge in [-0.25, -0.2) is 0 Å². The second-order valence-electron chi connectivity index (χ2n) is 2.41. The first kappa shape index (κ1) is 10.7. The van der Waals surface area contributed by atoms with Crippen LogP contribution in [-0.2, 0) is 9.47 Å². The summed E-state index contributed by atoms with van der Waals surface area (Å²) in [5.41, 5.74) is 0. The van der Waals surface area contributed by atoms with E-state index in [1.165, 1.54) is 12.8 Å². The van der Waals surface area contributed by atoms with Crippen molar-refractivity contribution in [3.05, 3.63) is 12.2 Å². The molecule has 0 saturated heterocycles. The number of hydrogen-bond donors (Lipinski definition) is 0. The molecule has 2 heteroatoms. The summed E-state index contributed by atoms with van der Waals surface area (Å²) < 4.78 is 9.94. The van der Waals surface area contributed by atoms with E-state index < -0.39 is 0 Å². The van der Waals surface area contributed by atoms with E-state index in [9.17, 15) is 0 Å². The first-order valence-corrected chi connectivity index (χ1v) is 4.07. The molecule has 0 amide bonds. The van der Waals surface area contributed by atoms with E-state index in [0.717, 1.165) is 6.42 Å². The molecule has 0 heterocycles. The second kappa shape index (κ2) is 7.76. The third kappa shape index (κ3) is 6.07. The molecule has 0 atom stereocenters. The Morgan fingerprint density at radius 1 is 1.27 bits per heavy atom. The molecule has 0 rings (SSSR count). The van der Waals surface area contributed by atoms with Crippen molar-refractivity contribution < 1.29 is 9.47 Å². The predicted octanol–water partition coefficient (Wildman–Crippen LogP) is 2.35. The molecule has 0 aliphatic heterocycles. The van der Waals surface area contributed by atoms with E-state index in [0.29, 0.717) is 0 Å². The Hall–Kier alpha value is -0.340. The molecule has 0 radical (unpaired) electrons. The van der Waals surface area contributed by atoms with E-state index in [2.05, 4.69) is 13.0 Å². The highest BCUT2D eigenvalue weighted by molar-refractivity contribution is 4.84. The summed E-state index contributed by atoms with van der Waals surface area (Å²) in [5, 5.41) is 0. The zero-order chi connectivity index (χ0) is 8.53. The van der Waals surface area contributed by atoms with E-state index >= 15 is 0 Å². The topological polar surface area (TPSA) is 18.5 Å². The normalized spacial score (nSPS) is 11.6. The molecule has 0 aromatic heterocycles. The van der Waals surface area contributed by atoms with Crippen molar-refractivity contribution >= 4 is 0 Å². The standard InChI is InChI=1S/C9H18O2/c1-4-5-6-7-8-9(10-2)11-3/h7-9H,4-6H2,1-3H3. The minimum atomic E-state index is -0.174. The highest BCUT2D eigenvalue weighted by atomic mass is 16.7. The summed E-state index contributed by atoms with van der Waals surface area (Å²) in [4.78, 5) is 0. The zero-order valence-electron chi connectivity index (χ0n) is 7.67. The van der Waals surface area contributed by atoms with Crippen LogP contribution in [0.1, 0.15) is 26.2 Å². The lowest BCUT2D eigenvalue weighted by atomic mass is 10.2. The van der Waals surface area contributed by atoms with Crippen molar-refractivity contribution in [2.75, 3.05) is 14.2 Å². The Labute approximate surface area is 69.2 Å². The monoisotopic (exact) mass is 158 g/mol. The fourth-order valence-corrected chi connectivity index (χ4v) is 0.783. The highest BCUT2D eigenvalue weighted by Crippen LogP contribution is 1.98. The molecule has 0 aliphatic rings. The fraction of sp³-hybridized carbons (Fsp3) is 0.778. The van der Waals surface area contributed by atoms with Crippen molar-refractivity contribution in [1.82, 2.24) is 0 Å². The van der Waals surface area contributed by atoms with Crippen LogP contribution in [0.25, 0.3) is 0 Å². The van der Waals surface area contributed by atoms with Gasteiger partial charge in [0.1, 0.15) is 0 Å². The Kier molecular flexibility index (Phi) is 7.52. The van der Waals surface area contributed by atoms with Gasteiger partial charge in [0.15, 0.2) is 6.29 Å². The van der Waals surface area contributed by atoms with Crippen LogP contribution in [0, 0.1) is 0 Å². The minimum Gasteiger partial charge on any atom is -0.352 e. The van der Waals surface area contributed by atoms with E-state index in [1.54, 1.807) is 14.2 Å². The molecule has 0 spiro atoms. The predicted molar refractivity (Wildman–Crippen MR) is 46.5 cm³/mol. The molecular formula is C9H18O2. The number of allylic oxidation sites excluding steroid dienone is 1. The lowest BCUT2D eigenvalue weighted by Crippen LogP contribution is -2.08. The summed E-state index contributed by atoms with van der Waals surface area (Å²) in [5.74, 6) is 0. The van der Waals surface area contributed by atoms with Crippen LogP contribution >= 0.6 is 0 Å². The van der Waals surface area contributed by atoms with Crippen LogP contribution in [0.2, 0.25) is 0 Å². The van der Waals surface area contributed by atoms with E-state index in [4.69, 9.17) is 9.47 Å². The van der Waals surface area contributed by atoms with Gasteiger partial charge in [0.25, 0.3) is 0 Å². The Bertz CT molecular complexity index is 95.7. The molecule has 0 unspecified atom stereocenters. The molecule has 0 fully saturated rings. The number of hydrogen-bond acceptors (Lipinski definition) is 2. The number of rotatable bonds is 6. The molecule has 66 valence electrons. The molecule has 0 bridgehead atoms. The van der Waals surface area contributed by atoms with Crippen LogP contribution in [0.15, 0.2) is 12.2 Å². The Morgan fingerprint density at radius 3 is 2.36 bits per heavy atom. The van der Waals surface area contributed by atoms with Crippen molar-refractivity contribution in [3.63, 3.8) is 0 Å². The maximum Gasteiger partial charge on any atom is 0.176 e. The summed E-state index contributed by atoms with van der Waals surface area (Å²) in [7, 11) is 3.27. The first-order valence-electron chi connectivity index (χ1n) is 4.07. The SMILES string of the molecule is CCCCC=CC(OC)OC. The molecule has 2 nitrogen and oxygen atoms in total. The smallest absolute Gasteiger partial charge is 0.176 e. The second-order valence-corrected chi connectivity index (χ2v) is 2.41. The van der Waals surface area contributed by atoms with Gasteiger partial charge in [-0.1, -0.05) is 25.8 Å². The van der Waals surface area contributed by atoms with Gasteiger partial charge in [-0.15, -0.1) is 0 Å². The average molecular weight is 158 g/mol. The van der Waals surface area contributed by atoms with Crippen LogP contribution in [0.5, 0.6) is 0 Å². The van der Waals surface area contributed by atoms with Crippen molar-refractivity contribution in [2.24, 2.45) is 0 Å². The Balaban J connectivity index is 3.36. The van der Waals surface area contributed by atoms with E-state index in [-0.39, 0.29) is 6.29 Å². The quantitative estimate of drug-likeness (QED) is 0.335. The molecule has 0 aromatic rings. The number of unbranched alkanes of at least 4 members (excludes halogenated alkanes) is 2. The third-order valence-corrected chi connectivity index (χ3v) is 1.48.